The van der Waals surface area contributed by atoms with Crippen LogP contribution < -0.4 is 0 Å². The van der Waals surface area contributed by atoms with Gasteiger partial charge in [-0.1, -0.05) is 48.0 Å². The predicted octanol–water partition coefficient (Wildman–Crippen LogP) is 4.31. The molecule has 1 amide bonds. The second kappa shape index (κ2) is 9.62. The SMILES string of the molecule is Cc1ccc(C2(C(=O)N3CCOC[C@H](Cc4cnc5ccccc5c4)C3)CCOCC2)cc1. The molecule has 2 fully saturated rings. The first-order valence-corrected chi connectivity index (χ1v) is 12.0. The van der Waals surface area contributed by atoms with Gasteiger partial charge in [0.1, 0.15) is 0 Å². The van der Waals surface area contributed by atoms with Gasteiger partial charge in [-0.2, -0.15) is 0 Å². The Bertz CT molecular complexity index is 1110. The van der Waals surface area contributed by atoms with E-state index in [2.05, 4.69) is 53.2 Å². The quantitative estimate of drug-likeness (QED) is 0.602. The lowest BCUT2D eigenvalue weighted by atomic mass is 9.72. The molecule has 0 bridgehead atoms. The molecule has 1 aromatic heterocycles. The van der Waals surface area contributed by atoms with Crippen LogP contribution in [0.2, 0.25) is 0 Å². The van der Waals surface area contributed by atoms with Crippen molar-refractivity contribution in [3.8, 4) is 0 Å². The minimum Gasteiger partial charge on any atom is -0.381 e. The van der Waals surface area contributed by atoms with Crippen LogP contribution in [0.3, 0.4) is 0 Å². The van der Waals surface area contributed by atoms with E-state index < -0.39 is 5.41 Å². The summed E-state index contributed by atoms with van der Waals surface area (Å²) in [5, 5.41) is 1.15. The average molecular weight is 445 g/mol. The molecule has 0 unspecified atom stereocenters. The first kappa shape index (κ1) is 22.1. The fourth-order valence-corrected chi connectivity index (χ4v) is 5.27. The molecule has 0 saturated carbocycles. The summed E-state index contributed by atoms with van der Waals surface area (Å²) in [5.74, 6) is 0.469. The van der Waals surface area contributed by atoms with Gasteiger partial charge in [0.05, 0.1) is 24.1 Å². The predicted molar refractivity (Wildman–Crippen MR) is 129 cm³/mol. The van der Waals surface area contributed by atoms with Crippen molar-refractivity contribution in [3.63, 3.8) is 0 Å². The fraction of sp³-hybridized carbons (Fsp3) is 0.429. The maximum absolute atomic E-state index is 14.1. The van der Waals surface area contributed by atoms with Crippen molar-refractivity contribution in [2.75, 3.05) is 39.5 Å². The minimum atomic E-state index is -0.509. The largest absolute Gasteiger partial charge is 0.381 e. The lowest BCUT2D eigenvalue weighted by molar-refractivity contribution is -0.141. The van der Waals surface area contributed by atoms with Crippen molar-refractivity contribution in [1.82, 2.24) is 9.88 Å². The van der Waals surface area contributed by atoms with Gasteiger partial charge in [-0.3, -0.25) is 9.78 Å². The van der Waals surface area contributed by atoms with E-state index in [0.717, 1.165) is 35.7 Å². The van der Waals surface area contributed by atoms with Gasteiger partial charge in [0.15, 0.2) is 0 Å². The van der Waals surface area contributed by atoms with E-state index in [1.807, 2.05) is 24.4 Å². The van der Waals surface area contributed by atoms with Crippen molar-refractivity contribution in [2.24, 2.45) is 5.92 Å². The molecule has 5 rings (SSSR count). The van der Waals surface area contributed by atoms with Gasteiger partial charge in [-0.15, -0.1) is 0 Å². The zero-order valence-corrected chi connectivity index (χ0v) is 19.3. The second-order valence-electron chi connectivity index (χ2n) is 9.49. The normalized spacial score (nSPS) is 21.0. The van der Waals surface area contributed by atoms with Gasteiger partial charge in [0, 0.05) is 43.8 Å². The molecule has 0 N–H and O–H groups in total. The van der Waals surface area contributed by atoms with Crippen molar-refractivity contribution >= 4 is 16.8 Å². The number of hydrogen-bond donors (Lipinski definition) is 0. The van der Waals surface area contributed by atoms with Crippen LogP contribution in [-0.2, 0) is 26.1 Å². The van der Waals surface area contributed by atoms with Crippen LogP contribution in [0.1, 0.15) is 29.5 Å². The number of rotatable bonds is 4. The Balaban J connectivity index is 1.37. The van der Waals surface area contributed by atoms with E-state index in [1.165, 1.54) is 11.1 Å². The number of hydrogen-bond acceptors (Lipinski definition) is 4. The van der Waals surface area contributed by atoms with Crippen molar-refractivity contribution in [1.29, 1.82) is 0 Å². The topological polar surface area (TPSA) is 51.7 Å². The minimum absolute atomic E-state index is 0.224. The van der Waals surface area contributed by atoms with Crippen LogP contribution >= 0.6 is 0 Å². The molecule has 5 nitrogen and oxygen atoms in total. The maximum Gasteiger partial charge on any atom is 0.233 e. The first-order chi connectivity index (χ1) is 16.1. The number of para-hydroxylation sites is 1. The van der Waals surface area contributed by atoms with Crippen LogP contribution in [-0.4, -0.2) is 55.3 Å². The number of aryl methyl sites for hydroxylation is 1. The van der Waals surface area contributed by atoms with Crippen LogP contribution in [0.15, 0.2) is 60.8 Å². The summed E-state index contributed by atoms with van der Waals surface area (Å²) in [6.45, 7) is 5.92. The molecule has 1 atom stereocenters. The fourth-order valence-electron chi connectivity index (χ4n) is 5.27. The lowest BCUT2D eigenvalue weighted by Crippen LogP contribution is -2.51. The molecular formula is C28H32N2O3. The number of amides is 1. The number of benzene rings is 2. The standard InChI is InChI=1S/C28H32N2O3/c1-21-6-8-25(9-7-21)28(10-13-32-14-11-28)27(31)30-12-15-33-20-23(19-30)16-22-17-24-4-2-3-5-26(24)29-18-22/h2-9,17-18,23H,10-16,19-20H2,1H3/t23-/m1/s1. The molecule has 172 valence electrons. The highest BCUT2D eigenvalue weighted by atomic mass is 16.5. The number of ether oxygens (including phenoxy) is 2. The zero-order valence-electron chi connectivity index (χ0n) is 19.3. The zero-order chi connectivity index (χ0) is 22.7. The number of fused-ring (bicyclic) bond motifs is 1. The summed E-state index contributed by atoms with van der Waals surface area (Å²) in [5.41, 5.74) is 4.01. The van der Waals surface area contributed by atoms with E-state index in [9.17, 15) is 4.79 Å². The summed E-state index contributed by atoms with van der Waals surface area (Å²) in [4.78, 5) is 20.8. The Morgan fingerprint density at radius 2 is 1.85 bits per heavy atom. The first-order valence-electron chi connectivity index (χ1n) is 12.0. The molecular weight excluding hydrogens is 412 g/mol. The Kier molecular flexibility index (Phi) is 6.43. The monoisotopic (exact) mass is 444 g/mol. The summed E-state index contributed by atoms with van der Waals surface area (Å²) in [6, 6.07) is 18.9. The van der Waals surface area contributed by atoms with E-state index in [-0.39, 0.29) is 11.8 Å². The van der Waals surface area contributed by atoms with E-state index in [0.29, 0.717) is 39.5 Å². The molecule has 2 aliphatic rings. The van der Waals surface area contributed by atoms with Gasteiger partial charge >= 0.3 is 0 Å². The number of carbonyl (C=O) groups excluding carboxylic acids is 1. The Hall–Kier alpha value is -2.76. The van der Waals surface area contributed by atoms with Gasteiger partial charge in [-0.25, -0.2) is 0 Å². The van der Waals surface area contributed by atoms with Crippen molar-refractivity contribution in [2.45, 2.75) is 31.6 Å². The third kappa shape index (κ3) is 4.66. The Labute approximate surface area is 195 Å². The van der Waals surface area contributed by atoms with Crippen LogP contribution in [0.25, 0.3) is 10.9 Å². The van der Waals surface area contributed by atoms with Crippen molar-refractivity contribution in [3.05, 3.63) is 77.5 Å². The molecule has 0 aliphatic carbocycles. The summed E-state index contributed by atoms with van der Waals surface area (Å²) >= 11 is 0. The third-order valence-electron chi connectivity index (χ3n) is 7.16. The Morgan fingerprint density at radius 3 is 2.67 bits per heavy atom. The van der Waals surface area contributed by atoms with Gasteiger partial charge in [0.2, 0.25) is 5.91 Å². The van der Waals surface area contributed by atoms with Crippen LogP contribution in [0.5, 0.6) is 0 Å². The van der Waals surface area contributed by atoms with E-state index in [4.69, 9.17) is 9.47 Å². The highest BCUT2D eigenvalue weighted by Gasteiger charge is 2.44. The Morgan fingerprint density at radius 1 is 1.06 bits per heavy atom. The highest BCUT2D eigenvalue weighted by Crippen LogP contribution is 2.37. The molecule has 2 aromatic carbocycles. The molecule has 0 radical (unpaired) electrons. The number of nitrogens with zero attached hydrogens (tertiary/aromatic N) is 2. The molecule has 33 heavy (non-hydrogen) atoms. The molecule has 3 aromatic rings. The van der Waals surface area contributed by atoms with E-state index >= 15 is 0 Å². The van der Waals surface area contributed by atoms with Crippen LogP contribution in [0.4, 0.5) is 0 Å². The summed E-state index contributed by atoms with van der Waals surface area (Å²) < 4.78 is 11.6. The number of aromatic nitrogens is 1. The molecule has 0 spiro atoms. The second-order valence-corrected chi connectivity index (χ2v) is 9.49. The summed E-state index contributed by atoms with van der Waals surface area (Å²) in [7, 11) is 0. The number of carbonyl (C=O) groups is 1. The van der Waals surface area contributed by atoms with Gasteiger partial charge < -0.3 is 14.4 Å². The third-order valence-corrected chi connectivity index (χ3v) is 7.16. The smallest absolute Gasteiger partial charge is 0.233 e. The molecule has 3 heterocycles. The van der Waals surface area contributed by atoms with Gasteiger partial charge in [0.25, 0.3) is 0 Å². The molecule has 2 saturated heterocycles. The maximum atomic E-state index is 14.1. The highest BCUT2D eigenvalue weighted by molar-refractivity contribution is 5.88. The molecule has 5 heteroatoms. The van der Waals surface area contributed by atoms with Crippen LogP contribution in [0, 0.1) is 12.8 Å². The lowest BCUT2D eigenvalue weighted by Gasteiger charge is -2.40. The molecule has 2 aliphatic heterocycles. The average Bonchev–Trinajstić information content (AvgIpc) is 3.10. The van der Waals surface area contributed by atoms with E-state index in [1.54, 1.807) is 0 Å². The van der Waals surface area contributed by atoms with Gasteiger partial charge in [-0.05, 0) is 49.4 Å². The van der Waals surface area contributed by atoms with Crippen molar-refractivity contribution < 1.29 is 14.3 Å². The number of pyridine rings is 1. The summed E-state index contributed by atoms with van der Waals surface area (Å²) in [6.07, 6.45) is 4.27.